The molecule has 35 heavy (non-hydrogen) atoms. The Balaban J connectivity index is 1.35. The number of amides is 1. The summed E-state index contributed by atoms with van der Waals surface area (Å²) in [6, 6.07) is 2.74. The number of halogens is 1. The summed E-state index contributed by atoms with van der Waals surface area (Å²) in [5, 5.41) is 9.88. The van der Waals surface area contributed by atoms with E-state index in [0.717, 1.165) is 0 Å². The average Bonchev–Trinajstić information content (AvgIpc) is 3.43. The molecule has 1 aliphatic heterocycles. The van der Waals surface area contributed by atoms with Gasteiger partial charge in [0.05, 0.1) is 44.5 Å². The van der Waals surface area contributed by atoms with Gasteiger partial charge in [-0.3, -0.25) is 9.48 Å². The van der Waals surface area contributed by atoms with Crippen LogP contribution in [0.1, 0.15) is 29.8 Å². The van der Waals surface area contributed by atoms with E-state index < -0.39 is 11.6 Å². The van der Waals surface area contributed by atoms with Gasteiger partial charge in [-0.05, 0) is 26.0 Å². The standard InChI is InChI=1S/C23H27FN6O5/c1-23(2)34-13-18(35-23)11-30-10-16(7-28-30)29-22-26-8-17(9-27-22)33-12-15-5-14(21(31)25-3)6-19(32-4)20(15)24/h5-10,18H,11-13H2,1-4H3,(H,25,31)(H,26,27,29)/t18-/m0/s1. The number of carbonyl (C=O) groups is 1. The lowest BCUT2D eigenvalue weighted by Gasteiger charge is -2.16. The second-order valence-corrected chi connectivity index (χ2v) is 8.29. The minimum absolute atomic E-state index is 0.0447. The molecule has 0 aliphatic carbocycles. The number of rotatable bonds is 9. The van der Waals surface area contributed by atoms with Gasteiger partial charge in [0.1, 0.15) is 12.7 Å². The van der Waals surface area contributed by atoms with Gasteiger partial charge in [-0.15, -0.1) is 0 Å². The number of hydrogen-bond donors (Lipinski definition) is 2. The third kappa shape index (κ3) is 6.03. The van der Waals surface area contributed by atoms with E-state index in [1.165, 1.54) is 38.7 Å². The molecular weight excluding hydrogens is 459 g/mol. The summed E-state index contributed by atoms with van der Waals surface area (Å²) in [4.78, 5) is 20.4. The molecule has 1 atom stereocenters. The molecule has 1 aliphatic rings. The number of aromatic nitrogens is 4. The average molecular weight is 487 g/mol. The normalized spacial score (nSPS) is 16.7. The monoisotopic (exact) mass is 486 g/mol. The van der Waals surface area contributed by atoms with Crippen LogP contribution in [0.15, 0.2) is 36.9 Å². The van der Waals surface area contributed by atoms with Crippen LogP contribution in [0.5, 0.6) is 11.5 Å². The highest BCUT2D eigenvalue weighted by Gasteiger charge is 2.32. The summed E-state index contributed by atoms with van der Waals surface area (Å²) in [6.07, 6.45) is 6.32. The molecule has 0 radical (unpaired) electrons. The predicted octanol–water partition coefficient (Wildman–Crippen LogP) is 2.65. The maximum absolute atomic E-state index is 14.6. The van der Waals surface area contributed by atoms with Gasteiger partial charge in [-0.1, -0.05) is 0 Å². The molecule has 0 unspecified atom stereocenters. The van der Waals surface area contributed by atoms with E-state index in [1.807, 2.05) is 20.0 Å². The number of nitrogens with one attached hydrogen (secondary N) is 2. The maximum atomic E-state index is 14.6. The molecule has 186 valence electrons. The molecule has 0 bridgehead atoms. The zero-order chi connectivity index (χ0) is 25.0. The fourth-order valence-corrected chi connectivity index (χ4v) is 3.52. The Morgan fingerprint density at radius 1 is 1.29 bits per heavy atom. The quantitative estimate of drug-likeness (QED) is 0.470. The number of carbonyl (C=O) groups excluding carboxylic acids is 1. The molecule has 4 rings (SSSR count). The summed E-state index contributed by atoms with van der Waals surface area (Å²) < 4.78 is 38.4. The van der Waals surface area contributed by atoms with Gasteiger partial charge >= 0.3 is 0 Å². The van der Waals surface area contributed by atoms with Crippen molar-refractivity contribution in [2.75, 3.05) is 26.1 Å². The lowest BCUT2D eigenvalue weighted by Crippen LogP contribution is -2.24. The molecule has 11 nitrogen and oxygen atoms in total. The zero-order valence-electron chi connectivity index (χ0n) is 19.9. The molecule has 0 saturated carbocycles. The Bertz CT molecular complexity index is 1180. The summed E-state index contributed by atoms with van der Waals surface area (Å²) in [7, 11) is 2.82. The number of hydrogen-bond acceptors (Lipinski definition) is 9. The van der Waals surface area contributed by atoms with E-state index in [-0.39, 0.29) is 35.5 Å². The van der Waals surface area contributed by atoms with Gasteiger partial charge in [-0.25, -0.2) is 14.4 Å². The third-order valence-corrected chi connectivity index (χ3v) is 5.19. The van der Waals surface area contributed by atoms with Crippen LogP contribution in [-0.4, -0.2) is 58.3 Å². The van der Waals surface area contributed by atoms with E-state index in [4.69, 9.17) is 18.9 Å². The van der Waals surface area contributed by atoms with Gasteiger partial charge in [0, 0.05) is 24.4 Å². The molecule has 0 spiro atoms. The van der Waals surface area contributed by atoms with E-state index in [9.17, 15) is 9.18 Å². The van der Waals surface area contributed by atoms with E-state index in [0.29, 0.717) is 30.5 Å². The first-order valence-electron chi connectivity index (χ1n) is 10.9. The fourth-order valence-electron chi connectivity index (χ4n) is 3.52. The number of ether oxygens (including phenoxy) is 4. The summed E-state index contributed by atoms with van der Waals surface area (Å²) in [5.41, 5.74) is 1.13. The molecule has 2 N–H and O–H groups in total. The van der Waals surface area contributed by atoms with Crippen LogP contribution in [0.2, 0.25) is 0 Å². The van der Waals surface area contributed by atoms with Crippen LogP contribution < -0.4 is 20.1 Å². The van der Waals surface area contributed by atoms with Gasteiger partial charge in [0.2, 0.25) is 5.95 Å². The minimum Gasteiger partial charge on any atom is -0.494 e. The predicted molar refractivity (Wildman–Crippen MR) is 123 cm³/mol. The van der Waals surface area contributed by atoms with Crippen molar-refractivity contribution >= 4 is 17.5 Å². The molecule has 3 aromatic rings. The van der Waals surface area contributed by atoms with Crippen molar-refractivity contribution in [1.82, 2.24) is 25.1 Å². The fraction of sp³-hybridized carbons (Fsp3) is 0.391. The van der Waals surface area contributed by atoms with Crippen molar-refractivity contribution in [3.05, 3.63) is 53.9 Å². The topological polar surface area (TPSA) is 122 Å². The Morgan fingerprint density at radius 2 is 2.06 bits per heavy atom. The van der Waals surface area contributed by atoms with Crippen molar-refractivity contribution in [3.63, 3.8) is 0 Å². The Labute approximate surface area is 201 Å². The second kappa shape index (κ2) is 10.2. The highest BCUT2D eigenvalue weighted by Crippen LogP contribution is 2.25. The lowest BCUT2D eigenvalue weighted by molar-refractivity contribution is -0.139. The number of benzene rings is 1. The minimum atomic E-state index is -0.602. The highest BCUT2D eigenvalue weighted by atomic mass is 19.1. The van der Waals surface area contributed by atoms with Crippen molar-refractivity contribution in [3.8, 4) is 11.5 Å². The smallest absolute Gasteiger partial charge is 0.251 e. The van der Waals surface area contributed by atoms with Gasteiger partial charge < -0.3 is 29.6 Å². The highest BCUT2D eigenvalue weighted by molar-refractivity contribution is 5.94. The SMILES string of the molecule is CNC(=O)c1cc(COc2cnc(Nc3cnn(C[C@H]4COC(C)(C)O4)c3)nc2)c(F)c(OC)c1. The zero-order valence-corrected chi connectivity index (χ0v) is 19.9. The molecule has 12 heteroatoms. The van der Waals surface area contributed by atoms with E-state index in [2.05, 4.69) is 25.7 Å². The van der Waals surface area contributed by atoms with E-state index in [1.54, 1.807) is 10.9 Å². The molecule has 1 aromatic carbocycles. The maximum Gasteiger partial charge on any atom is 0.251 e. The third-order valence-electron chi connectivity index (χ3n) is 5.19. The van der Waals surface area contributed by atoms with Gasteiger partial charge in [0.25, 0.3) is 5.91 Å². The van der Waals surface area contributed by atoms with Crippen LogP contribution in [0.25, 0.3) is 0 Å². The number of methoxy groups -OCH3 is 1. The summed E-state index contributed by atoms with van der Waals surface area (Å²) in [6.45, 7) is 4.68. The molecule has 1 amide bonds. The number of anilines is 2. The molecule has 1 saturated heterocycles. The number of nitrogens with zero attached hydrogens (tertiary/aromatic N) is 4. The van der Waals surface area contributed by atoms with Crippen LogP contribution in [-0.2, 0) is 22.6 Å². The molecule has 2 aromatic heterocycles. The Kier molecular flexibility index (Phi) is 7.12. The Hall–Kier alpha value is -3.77. The van der Waals surface area contributed by atoms with Gasteiger partial charge in [-0.2, -0.15) is 5.10 Å². The van der Waals surface area contributed by atoms with E-state index >= 15 is 0 Å². The molecule has 1 fully saturated rings. The van der Waals surface area contributed by atoms with Crippen LogP contribution in [0.3, 0.4) is 0 Å². The summed E-state index contributed by atoms with van der Waals surface area (Å²) in [5.74, 6) is -0.920. The second-order valence-electron chi connectivity index (χ2n) is 8.29. The first-order valence-corrected chi connectivity index (χ1v) is 10.9. The first kappa shape index (κ1) is 24.4. The van der Waals surface area contributed by atoms with Gasteiger partial charge in [0.15, 0.2) is 23.1 Å². The first-order chi connectivity index (χ1) is 16.8. The van der Waals surface area contributed by atoms with Crippen molar-refractivity contribution in [2.45, 2.75) is 38.9 Å². The van der Waals surface area contributed by atoms with Crippen LogP contribution in [0, 0.1) is 5.82 Å². The molecule has 3 heterocycles. The van der Waals surface area contributed by atoms with Crippen LogP contribution in [0.4, 0.5) is 16.0 Å². The largest absolute Gasteiger partial charge is 0.494 e. The lowest BCUT2D eigenvalue weighted by atomic mass is 10.1. The van der Waals surface area contributed by atoms with Crippen molar-refractivity contribution in [2.24, 2.45) is 0 Å². The van der Waals surface area contributed by atoms with Crippen molar-refractivity contribution < 1.29 is 28.1 Å². The Morgan fingerprint density at radius 3 is 2.71 bits per heavy atom. The molecular formula is C23H27FN6O5. The van der Waals surface area contributed by atoms with Crippen molar-refractivity contribution in [1.29, 1.82) is 0 Å². The summed E-state index contributed by atoms with van der Waals surface area (Å²) >= 11 is 0. The van der Waals surface area contributed by atoms with Crippen LogP contribution >= 0.6 is 0 Å².